The molecule has 2 aliphatic heterocycles. The second kappa shape index (κ2) is 6.26. The summed E-state index contributed by atoms with van der Waals surface area (Å²) < 4.78 is 0. The van der Waals surface area contributed by atoms with E-state index < -0.39 is 0 Å². The molecular weight excluding hydrogens is 264 g/mol. The molecule has 0 bridgehead atoms. The average molecular weight is 286 g/mol. The summed E-state index contributed by atoms with van der Waals surface area (Å²) in [6.45, 7) is 6.30. The summed E-state index contributed by atoms with van der Waals surface area (Å²) in [7, 11) is 0. The van der Waals surface area contributed by atoms with Crippen molar-refractivity contribution in [2.24, 2.45) is 0 Å². The van der Waals surface area contributed by atoms with E-state index >= 15 is 0 Å². The van der Waals surface area contributed by atoms with Gasteiger partial charge >= 0.3 is 0 Å². The lowest BCUT2D eigenvalue weighted by Crippen LogP contribution is -2.45. The van der Waals surface area contributed by atoms with Gasteiger partial charge in [-0.2, -0.15) is 0 Å². The number of pyridine rings is 1. The summed E-state index contributed by atoms with van der Waals surface area (Å²) in [5.74, 6) is 0.205. The molecule has 3 heterocycles. The monoisotopic (exact) mass is 286 g/mol. The van der Waals surface area contributed by atoms with Crippen LogP contribution >= 0.6 is 0 Å². The first-order valence-electron chi connectivity index (χ1n) is 7.60. The van der Waals surface area contributed by atoms with Crippen molar-refractivity contribution in [1.82, 2.24) is 15.2 Å². The molecule has 0 radical (unpaired) electrons. The smallest absolute Gasteiger partial charge is 0.243 e. The fraction of sp³-hybridized carbons (Fsp3) is 0.500. The summed E-state index contributed by atoms with van der Waals surface area (Å²) in [6, 6.07) is 4.03. The summed E-state index contributed by atoms with van der Waals surface area (Å²) >= 11 is 0. The Kier molecular flexibility index (Phi) is 4.20. The van der Waals surface area contributed by atoms with Crippen molar-refractivity contribution in [1.29, 1.82) is 0 Å². The van der Waals surface area contributed by atoms with Crippen LogP contribution in [0, 0.1) is 6.92 Å². The highest BCUT2D eigenvalue weighted by atomic mass is 16.2. The summed E-state index contributed by atoms with van der Waals surface area (Å²) in [4.78, 5) is 21.0. The van der Waals surface area contributed by atoms with Gasteiger partial charge in [0.05, 0.1) is 0 Å². The predicted molar refractivity (Wildman–Crippen MR) is 83.3 cm³/mol. The third kappa shape index (κ3) is 3.24. The highest BCUT2D eigenvalue weighted by molar-refractivity contribution is 5.84. The molecule has 1 aromatic heterocycles. The number of anilines is 1. The Morgan fingerprint density at radius 3 is 3.00 bits per heavy atom. The van der Waals surface area contributed by atoms with Crippen LogP contribution < -0.4 is 10.2 Å². The Morgan fingerprint density at radius 2 is 2.24 bits per heavy atom. The van der Waals surface area contributed by atoms with Crippen molar-refractivity contribution in [3.63, 3.8) is 0 Å². The Labute approximate surface area is 125 Å². The van der Waals surface area contributed by atoms with Crippen LogP contribution in [0.5, 0.6) is 0 Å². The van der Waals surface area contributed by atoms with Crippen LogP contribution in [0.1, 0.15) is 12.1 Å². The second-order valence-corrected chi connectivity index (χ2v) is 5.64. The lowest BCUT2D eigenvalue weighted by molar-refractivity contribution is -0.131. The first-order valence-corrected chi connectivity index (χ1v) is 7.60. The van der Waals surface area contributed by atoms with E-state index in [0.29, 0.717) is 0 Å². The maximum absolute atomic E-state index is 12.4. The number of aryl methyl sites for hydroxylation is 1. The normalized spacial score (nSPS) is 22.4. The van der Waals surface area contributed by atoms with Crippen LogP contribution in [0.25, 0.3) is 0 Å². The zero-order valence-corrected chi connectivity index (χ0v) is 12.5. The lowest BCUT2D eigenvalue weighted by Gasteiger charge is -2.25. The molecule has 1 fully saturated rings. The number of aromatic nitrogens is 1. The Morgan fingerprint density at radius 1 is 1.33 bits per heavy atom. The number of rotatable bonds is 2. The van der Waals surface area contributed by atoms with Gasteiger partial charge in [-0.25, -0.2) is 0 Å². The van der Waals surface area contributed by atoms with Crippen molar-refractivity contribution in [2.75, 3.05) is 37.6 Å². The number of amides is 1. The average Bonchev–Trinajstić information content (AvgIpc) is 2.91. The van der Waals surface area contributed by atoms with Gasteiger partial charge in [0.25, 0.3) is 0 Å². The first kappa shape index (κ1) is 14.1. The largest absolute Gasteiger partial charge is 0.370 e. The molecule has 0 aromatic carbocycles. The van der Waals surface area contributed by atoms with Gasteiger partial charge in [0, 0.05) is 50.3 Å². The minimum atomic E-state index is -0.125. The van der Waals surface area contributed by atoms with Gasteiger partial charge in [-0.05, 0) is 25.5 Å². The number of carbonyl (C=O) groups is 1. The van der Waals surface area contributed by atoms with E-state index in [1.165, 1.54) is 5.69 Å². The van der Waals surface area contributed by atoms with Gasteiger partial charge in [0.2, 0.25) is 5.91 Å². The molecule has 0 saturated carbocycles. The molecule has 3 rings (SSSR count). The number of nitrogens with zero attached hydrogens (tertiary/aromatic N) is 3. The van der Waals surface area contributed by atoms with Crippen molar-refractivity contribution < 1.29 is 4.79 Å². The minimum absolute atomic E-state index is 0.125. The van der Waals surface area contributed by atoms with E-state index in [1.807, 2.05) is 36.2 Å². The van der Waals surface area contributed by atoms with Crippen molar-refractivity contribution in [3.05, 3.63) is 36.2 Å². The highest BCUT2D eigenvalue weighted by Crippen LogP contribution is 2.17. The van der Waals surface area contributed by atoms with E-state index in [4.69, 9.17) is 0 Å². The van der Waals surface area contributed by atoms with Crippen LogP contribution in [-0.2, 0) is 4.79 Å². The van der Waals surface area contributed by atoms with Crippen molar-refractivity contribution in [2.45, 2.75) is 19.4 Å². The van der Waals surface area contributed by atoms with Gasteiger partial charge in [-0.3, -0.25) is 15.1 Å². The zero-order chi connectivity index (χ0) is 14.7. The van der Waals surface area contributed by atoms with Crippen LogP contribution in [0.3, 0.4) is 0 Å². The molecule has 5 nitrogen and oxygen atoms in total. The number of carbonyl (C=O) groups excluding carboxylic acids is 1. The van der Waals surface area contributed by atoms with E-state index in [2.05, 4.69) is 21.3 Å². The van der Waals surface area contributed by atoms with Crippen LogP contribution in [0.2, 0.25) is 0 Å². The van der Waals surface area contributed by atoms with E-state index in [1.54, 1.807) is 0 Å². The third-order valence-corrected chi connectivity index (χ3v) is 4.10. The molecule has 0 spiro atoms. The lowest BCUT2D eigenvalue weighted by atomic mass is 10.2. The second-order valence-electron chi connectivity index (χ2n) is 5.64. The van der Waals surface area contributed by atoms with Gasteiger partial charge in [-0.15, -0.1) is 0 Å². The maximum atomic E-state index is 12.4. The third-order valence-electron chi connectivity index (χ3n) is 4.10. The fourth-order valence-electron chi connectivity index (χ4n) is 2.96. The minimum Gasteiger partial charge on any atom is -0.370 e. The molecule has 0 aliphatic carbocycles. The molecule has 21 heavy (non-hydrogen) atoms. The fourth-order valence-corrected chi connectivity index (χ4v) is 2.96. The summed E-state index contributed by atoms with van der Waals surface area (Å²) in [5, 5.41) is 3.20. The zero-order valence-electron chi connectivity index (χ0n) is 12.5. The molecular formula is C16H22N4O. The molecule has 5 heteroatoms. The van der Waals surface area contributed by atoms with Crippen molar-refractivity contribution >= 4 is 11.6 Å². The van der Waals surface area contributed by atoms with E-state index in [-0.39, 0.29) is 11.9 Å². The van der Waals surface area contributed by atoms with Crippen LogP contribution in [0.15, 0.2) is 30.5 Å². The molecule has 1 aromatic rings. The maximum Gasteiger partial charge on any atom is 0.243 e. The number of hydrogen-bond acceptors (Lipinski definition) is 4. The quantitative estimate of drug-likeness (QED) is 0.823. The molecule has 112 valence electrons. The summed E-state index contributed by atoms with van der Waals surface area (Å²) in [5.41, 5.74) is 2.24. The summed E-state index contributed by atoms with van der Waals surface area (Å²) in [6.07, 6.45) is 6.85. The Bertz CT molecular complexity index is 543. The SMILES string of the molecule is Cc1cc(N2CCCN(C(=O)[C@@H]3C=CCN3)CC2)ccn1. The van der Waals surface area contributed by atoms with E-state index in [0.717, 1.165) is 44.8 Å². The van der Waals surface area contributed by atoms with Gasteiger partial charge < -0.3 is 9.80 Å². The number of hydrogen-bond donors (Lipinski definition) is 1. The van der Waals surface area contributed by atoms with Crippen LogP contribution in [0.4, 0.5) is 5.69 Å². The highest BCUT2D eigenvalue weighted by Gasteiger charge is 2.25. The molecule has 1 amide bonds. The Hall–Kier alpha value is -1.88. The molecule has 1 atom stereocenters. The van der Waals surface area contributed by atoms with Crippen molar-refractivity contribution in [3.8, 4) is 0 Å². The number of nitrogens with one attached hydrogen (secondary N) is 1. The molecule has 0 unspecified atom stereocenters. The molecule has 1 N–H and O–H groups in total. The molecule has 1 saturated heterocycles. The Balaban J connectivity index is 1.64. The topological polar surface area (TPSA) is 48.5 Å². The van der Waals surface area contributed by atoms with Gasteiger partial charge in [0.1, 0.15) is 6.04 Å². The standard InChI is InChI=1S/C16H22N4O/c1-13-12-14(5-7-17-13)19-8-3-9-20(11-10-19)16(21)15-4-2-6-18-15/h2,4-5,7,12,15,18H,3,6,8-11H2,1H3/t15-/m0/s1. The van der Waals surface area contributed by atoms with E-state index in [9.17, 15) is 4.79 Å². The first-order chi connectivity index (χ1) is 10.2. The van der Waals surface area contributed by atoms with Gasteiger partial charge in [-0.1, -0.05) is 12.2 Å². The predicted octanol–water partition coefficient (Wildman–Crippen LogP) is 0.957. The van der Waals surface area contributed by atoms with Gasteiger partial charge in [0.15, 0.2) is 0 Å². The molecule has 2 aliphatic rings. The van der Waals surface area contributed by atoms with Crippen LogP contribution in [-0.4, -0.2) is 54.6 Å².